The van der Waals surface area contributed by atoms with E-state index in [4.69, 9.17) is 16.3 Å². The highest BCUT2D eigenvalue weighted by Crippen LogP contribution is 2.18. The lowest BCUT2D eigenvalue weighted by molar-refractivity contribution is 0.0464. The monoisotopic (exact) mass is 257 g/mol. The van der Waals surface area contributed by atoms with Gasteiger partial charge in [0.05, 0.1) is 11.9 Å². The molecule has 0 saturated heterocycles. The molecule has 0 N–H and O–H groups in total. The molecule has 6 heteroatoms. The number of halogens is 1. The minimum atomic E-state index is -0.686. The number of hydrogen-bond donors (Lipinski definition) is 0. The van der Waals surface area contributed by atoms with Gasteiger partial charge in [0, 0.05) is 13.1 Å². The molecule has 5 nitrogen and oxygen atoms in total. The second-order valence-electron chi connectivity index (χ2n) is 3.39. The summed E-state index contributed by atoms with van der Waals surface area (Å²) in [7, 11) is 0. The van der Waals surface area contributed by atoms with E-state index in [0.717, 1.165) is 13.1 Å². The van der Waals surface area contributed by atoms with Gasteiger partial charge in [-0.1, -0.05) is 11.6 Å². The quantitative estimate of drug-likeness (QED) is 0.597. The van der Waals surface area contributed by atoms with Gasteiger partial charge in [-0.3, -0.25) is 0 Å². The Balaban J connectivity index is 3.02. The molecule has 17 heavy (non-hydrogen) atoms. The Morgan fingerprint density at radius 2 is 2.18 bits per heavy atom. The highest BCUT2D eigenvalue weighted by Gasteiger charge is 2.19. The maximum atomic E-state index is 11.8. The van der Waals surface area contributed by atoms with Gasteiger partial charge in [0.15, 0.2) is 11.3 Å². The summed E-state index contributed by atoms with van der Waals surface area (Å²) < 4.78 is 4.91. The van der Waals surface area contributed by atoms with E-state index in [-0.39, 0.29) is 5.69 Å². The Hall–Kier alpha value is -1.36. The average Bonchev–Trinajstić information content (AvgIpc) is 2.30. The number of carbonyl (C=O) groups is 1. The molecule has 0 bridgehead atoms. The second kappa shape index (κ2) is 6.39. The fraction of sp³-hybridized carbons (Fsp3) is 0.545. The first-order valence-electron chi connectivity index (χ1n) is 5.51. The summed E-state index contributed by atoms with van der Waals surface area (Å²) in [6, 6.07) is 1.75. The predicted octanol–water partition coefficient (Wildman–Crippen LogP) is 2.06. The van der Waals surface area contributed by atoms with Crippen LogP contribution in [0.1, 0.15) is 31.3 Å². The van der Waals surface area contributed by atoms with E-state index in [9.17, 15) is 4.79 Å². The van der Waals surface area contributed by atoms with Crippen LogP contribution in [0.25, 0.3) is 0 Å². The van der Waals surface area contributed by atoms with Crippen molar-refractivity contribution in [1.29, 1.82) is 0 Å². The molecule has 94 valence electrons. The molecule has 1 heterocycles. The number of aromatic nitrogens is 2. The molecule has 1 aromatic rings. The molecule has 0 aliphatic heterocycles. The zero-order valence-corrected chi connectivity index (χ0v) is 10.9. The lowest BCUT2D eigenvalue weighted by atomic mass is 10.3. The topological polar surface area (TPSA) is 55.3 Å². The van der Waals surface area contributed by atoms with Gasteiger partial charge < -0.3 is 9.64 Å². The summed E-state index contributed by atoms with van der Waals surface area (Å²) >= 11 is 5.62. The first kappa shape index (κ1) is 13.7. The van der Waals surface area contributed by atoms with E-state index in [0.29, 0.717) is 5.69 Å². The predicted molar refractivity (Wildman–Crippen MR) is 66.3 cm³/mol. The number of rotatable bonds is 5. The van der Waals surface area contributed by atoms with Crippen LogP contribution in [0.2, 0.25) is 0 Å². The first-order chi connectivity index (χ1) is 8.10. The maximum Gasteiger partial charge on any atom is 0.362 e. The molecule has 0 amide bonds. The van der Waals surface area contributed by atoms with E-state index in [1.165, 1.54) is 0 Å². The van der Waals surface area contributed by atoms with E-state index in [2.05, 4.69) is 10.2 Å². The fourth-order valence-electron chi connectivity index (χ4n) is 1.49. The Morgan fingerprint density at radius 3 is 2.71 bits per heavy atom. The minimum absolute atomic E-state index is 0.198. The number of hydrogen-bond acceptors (Lipinski definition) is 5. The van der Waals surface area contributed by atoms with Gasteiger partial charge in [-0.05, 0) is 26.8 Å². The van der Waals surface area contributed by atoms with Crippen molar-refractivity contribution in [2.45, 2.75) is 26.3 Å². The second-order valence-corrected chi connectivity index (χ2v) is 4.00. The van der Waals surface area contributed by atoms with Crippen molar-refractivity contribution >= 4 is 23.3 Å². The van der Waals surface area contributed by atoms with Crippen LogP contribution in [0.3, 0.4) is 0 Å². The number of alkyl halides is 1. The van der Waals surface area contributed by atoms with E-state index in [1.807, 2.05) is 18.7 Å². The van der Waals surface area contributed by atoms with E-state index < -0.39 is 11.5 Å². The number of anilines is 1. The summed E-state index contributed by atoms with van der Waals surface area (Å²) in [5.41, 5.74) is 0.227. The molecular weight excluding hydrogens is 242 g/mol. The molecule has 0 aliphatic rings. The highest BCUT2D eigenvalue weighted by molar-refractivity contribution is 6.20. The molecule has 0 saturated carbocycles. The third-order valence-electron chi connectivity index (χ3n) is 2.27. The average molecular weight is 258 g/mol. The molecule has 0 fully saturated rings. The Bertz CT molecular complexity index is 381. The summed E-state index contributed by atoms with van der Waals surface area (Å²) in [5, 5.41) is 7.53. The summed E-state index contributed by atoms with van der Waals surface area (Å²) in [4.78, 5) is 13.8. The van der Waals surface area contributed by atoms with Gasteiger partial charge in [0.25, 0.3) is 0 Å². The van der Waals surface area contributed by atoms with Crippen molar-refractivity contribution in [1.82, 2.24) is 10.2 Å². The van der Waals surface area contributed by atoms with E-state index >= 15 is 0 Å². The van der Waals surface area contributed by atoms with Gasteiger partial charge in [0.1, 0.15) is 0 Å². The summed E-state index contributed by atoms with van der Waals surface area (Å²) in [5.74, 6) is -0.553. The van der Waals surface area contributed by atoms with Crippen molar-refractivity contribution in [3.8, 4) is 0 Å². The summed E-state index contributed by atoms with van der Waals surface area (Å²) in [6.07, 6.45) is 1.55. The standard InChI is InChI=1S/C11H16ClN3O2/c1-4-15(5-2)9-6-7-13-14-10(9)11(16)17-8(3)12/h6-8H,4-5H2,1-3H3. The Kier molecular flexibility index (Phi) is 5.15. The normalized spacial score (nSPS) is 12.0. The summed E-state index contributed by atoms with van der Waals surface area (Å²) in [6.45, 7) is 7.14. The highest BCUT2D eigenvalue weighted by atomic mass is 35.5. The van der Waals surface area contributed by atoms with Crippen LogP contribution in [0.5, 0.6) is 0 Å². The van der Waals surface area contributed by atoms with Crippen LogP contribution >= 0.6 is 11.6 Å². The van der Waals surface area contributed by atoms with Crippen molar-refractivity contribution < 1.29 is 9.53 Å². The Morgan fingerprint density at radius 1 is 1.53 bits per heavy atom. The molecule has 1 atom stereocenters. The number of nitrogens with zero attached hydrogens (tertiary/aromatic N) is 3. The fourth-order valence-corrected chi connectivity index (χ4v) is 1.57. The number of ether oxygens (including phenoxy) is 1. The van der Waals surface area contributed by atoms with Gasteiger partial charge in [-0.15, -0.1) is 5.10 Å². The van der Waals surface area contributed by atoms with Crippen molar-refractivity contribution in [2.75, 3.05) is 18.0 Å². The maximum absolute atomic E-state index is 11.8. The van der Waals surface area contributed by atoms with Gasteiger partial charge in [-0.25, -0.2) is 4.79 Å². The first-order valence-corrected chi connectivity index (χ1v) is 5.95. The molecule has 0 spiro atoms. The molecule has 1 aromatic heterocycles. The molecule has 0 radical (unpaired) electrons. The number of carbonyl (C=O) groups excluding carboxylic acids is 1. The van der Waals surface area contributed by atoms with Gasteiger partial charge in [0.2, 0.25) is 0 Å². The third-order valence-corrected chi connectivity index (χ3v) is 2.36. The molecule has 0 aliphatic carbocycles. The Labute approximate surface area is 106 Å². The van der Waals surface area contributed by atoms with Crippen LogP contribution in [-0.4, -0.2) is 34.8 Å². The minimum Gasteiger partial charge on any atom is -0.441 e. The third kappa shape index (κ3) is 3.56. The smallest absolute Gasteiger partial charge is 0.362 e. The molecule has 1 rings (SSSR count). The van der Waals surface area contributed by atoms with Gasteiger partial charge in [-0.2, -0.15) is 5.10 Å². The zero-order chi connectivity index (χ0) is 12.8. The van der Waals surface area contributed by atoms with E-state index in [1.54, 1.807) is 19.2 Å². The van der Waals surface area contributed by atoms with Crippen LogP contribution < -0.4 is 4.90 Å². The molecule has 1 unspecified atom stereocenters. The van der Waals surface area contributed by atoms with Crippen LogP contribution in [-0.2, 0) is 4.74 Å². The largest absolute Gasteiger partial charge is 0.441 e. The van der Waals surface area contributed by atoms with Crippen molar-refractivity contribution in [2.24, 2.45) is 0 Å². The van der Waals surface area contributed by atoms with Crippen molar-refractivity contribution in [3.05, 3.63) is 18.0 Å². The van der Waals surface area contributed by atoms with Crippen LogP contribution in [0.15, 0.2) is 12.3 Å². The number of esters is 1. The lowest BCUT2D eigenvalue weighted by Gasteiger charge is -2.22. The van der Waals surface area contributed by atoms with Crippen molar-refractivity contribution in [3.63, 3.8) is 0 Å². The van der Waals surface area contributed by atoms with Gasteiger partial charge >= 0.3 is 5.97 Å². The van der Waals surface area contributed by atoms with Crippen LogP contribution in [0.4, 0.5) is 5.69 Å². The molecule has 0 aromatic carbocycles. The zero-order valence-electron chi connectivity index (χ0n) is 10.2. The lowest BCUT2D eigenvalue weighted by Crippen LogP contribution is -2.26. The molecular formula is C11H16ClN3O2. The van der Waals surface area contributed by atoms with Crippen LogP contribution in [0, 0.1) is 0 Å². The SMILES string of the molecule is CCN(CC)c1ccnnc1C(=O)OC(C)Cl.